The van der Waals surface area contributed by atoms with E-state index < -0.39 is 6.04 Å². The van der Waals surface area contributed by atoms with E-state index in [1.54, 1.807) is 12.1 Å². The molecule has 2 rings (SSSR count). The predicted molar refractivity (Wildman–Crippen MR) is 62.5 cm³/mol. The van der Waals surface area contributed by atoms with Crippen LogP contribution in [0.2, 0.25) is 0 Å². The lowest BCUT2D eigenvalue weighted by Crippen LogP contribution is -2.25. The average molecular weight is 231 g/mol. The summed E-state index contributed by atoms with van der Waals surface area (Å²) >= 11 is 0. The van der Waals surface area contributed by atoms with Crippen molar-refractivity contribution in [3.63, 3.8) is 0 Å². The first-order chi connectivity index (χ1) is 8.19. The second-order valence-electron chi connectivity index (χ2n) is 3.91. The standard InChI is InChI=1S/C12H13N3O2/c13-6-9(14)7-17-10-2-3-11-8(5-10)1-4-12(16)15-11/h2-3,5,9H,1,4,7,14H2,(H,15,16). The highest BCUT2D eigenvalue weighted by Crippen LogP contribution is 2.26. The quantitative estimate of drug-likeness (QED) is 0.805. The summed E-state index contributed by atoms with van der Waals surface area (Å²) in [6, 6.07) is 6.72. The number of hydrogen-bond donors (Lipinski definition) is 2. The van der Waals surface area contributed by atoms with Crippen molar-refractivity contribution in [1.29, 1.82) is 5.26 Å². The number of rotatable bonds is 3. The molecule has 3 N–H and O–H groups in total. The second-order valence-corrected chi connectivity index (χ2v) is 3.91. The summed E-state index contributed by atoms with van der Waals surface area (Å²) in [6.07, 6.45) is 1.21. The lowest BCUT2D eigenvalue weighted by molar-refractivity contribution is -0.116. The molecule has 0 aromatic heterocycles. The van der Waals surface area contributed by atoms with Crippen LogP contribution in [0.3, 0.4) is 0 Å². The smallest absolute Gasteiger partial charge is 0.224 e. The number of anilines is 1. The fraction of sp³-hybridized carbons (Fsp3) is 0.333. The van der Waals surface area contributed by atoms with Crippen LogP contribution < -0.4 is 15.8 Å². The van der Waals surface area contributed by atoms with E-state index in [1.165, 1.54) is 0 Å². The van der Waals surface area contributed by atoms with Gasteiger partial charge < -0.3 is 15.8 Å². The van der Waals surface area contributed by atoms with Crippen molar-refractivity contribution in [2.24, 2.45) is 5.73 Å². The molecule has 0 radical (unpaired) electrons. The zero-order chi connectivity index (χ0) is 12.3. The van der Waals surface area contributed by atoms with Crippen LogP contribution in [-0.2, 0) is 11.2 Å². The predicted octanol–water partition coefficient (Wildman–Crippen LogP) is 0.801. The van der Waals surface area contributed by atoms with E-state index in [1.807, 2.05) is 12.1 Å². The Kier molecular flexibility index (Phi) is 3.26. The molecule has 1 unspecified atom stereocenters. The molecule has 0 aliphatic carbocycles. The minimum Gasteiger partial charge on any atom is -0.491 e. The number of benzene rings is 1. The number of nitrogens with one attached hydrogen (secondary N) is 1. The monoisotopic (exact) mass is 231 g/mol. The van der Waals surface area contributed by atoms with Crippen LogP contribution in [0.4, 0.5) is 5.69 Å². The Morgan fingerprint density at radius 2 is 2.35 bits per heavy atom. The summed E-state index contributed by atoms with van der Waals surface area (Å²) in [5.74, 6) is 0.711. The van der Waals surface area contributed by atoms with Crippen molar-refractivity contribution in [3.8, 4) is 11.8 Å². The molecule has 0 fully saturated rings. The van der Waals surface area contributed by atoms with Gasteiger partial charge in [0, 0.05) is 12.1 Å². The molecule has 1 amide bonds. The van der Waals surface area contributed by atoms with Crippen LogP contribution in [0.5, 0.6) is 5.75 Å². The van der Waals surface area contributed by atoms with Crippen LogP contribution in [0, 0.1) is 11.3 Å². The third-order valence-corrected chi connectivity index (χ3v) is 2.57. The third kappa shape index (κ3) is 2.74. The molecule has 1 aromatic carbocycles. The first-order valence-corrected chi connectivity index (χ1v) is 5.40. The Bertz CT molecular complexity index is 479. The Morgan fingerprint density at radius 3 is 3.12 bits per heavy atom. The summed E-state index contributed by atoms with van der Waals surface area (Å²) in [6.45, 7) is 0.168. The van der Waals surface area contributed by atoms with Crippen LogP contribution in [0.15, 0.2) is 18.2 Å². The number of nitrogens with zero attached hydrogens (tertiary/aromatic N) is 1. The number of fused-ring (bicyclic) bond motifs is 1. The van der Waals surface area contributed by atoms with Gasteiger partial charge in [0.25, 0.3) is 0 Å². The van der Waals surface area contributed by atoms with Gasteiger partial charge in [0.05, 0.1) is 6.07 Å². The zero-order valence-corrected chi connectivity index (χ0v) is 9.27. The zero-order valence-electron chi connectivity index (χ0n) is 9.27. The minimum absolute atomic E-state index is 0.0395. The molecule has 0 saturated heterocycles. The Balaban J connectivity index is 2.07. The SMILES string of the molecule is N#CC(N)COc1ccc2c(c1)CCC(=O)N2. The van der Waals surface area contributed by atoms with Gasteiger partial charge in [-0.25, -0.2) is 0 Å². The highest BCUT2D eigenvalue weighted by atomic mass is 16.5. The van der Waals surface area contributed by atoms with Crippen molar-refractivity contribution in [1.82, 2.24) is 0 Å². The number of ether oxygens (including phenoxy) is 1. The number of carbonyl (C=O) groups excluding carboxylic acids is 1. The molecular formula is C12H13N3O2. The lowest BCUT2D eigenvalue weighted by atomic mass is 10.0. The molecule has 1 heterocycles. The Hall–Kier alpha value is -2.06. The third-order valence-electron chi connectivity index (χ3n) is 2.57. The Morgan fingerprint density at radius 1 is 1.53 bits per heavy atom. The minimum atomic E-state index is -0.620. The van der Waals surface area contributed by atoms with E-state index in [0.717, 1.165) is 11.3 Å². The number of nitrogens with two attached hydrogens (primary N) is 1. The van der Waals surface area contributed by atoms with Gasteiger partial charge in [-0.2, -0.15) is 5.26 Å². The molecule has 1 aliphatic rings. The van der Waals surface area contributed by atoms with E-state index >= 15 is 0 Å². The van der Waals surface area contributed by atoms with Gasteiger partial charge in [-0.05, 0) is 30.2 Å². The topological polar surface area (TPSA) is 88.1 Å². The second kappa shape index (κ2) is 4.85. The van der Waals surface area contributed by atoms with Crippen molar-refractivity contribution in [2.45, 2.75) is 18.9 Å². The van der Waals surface area contributed by atoms with Gasteiger partial charge in [-0.3, -0.25) is 4.79 Å². The molecule has 1 aliphatic heterocycles. The van der Waals surface area contributed by atoms with E-state index in [4.69, 9.17) is 15.7 Å². The van der Waals surface area contributed by atoms with Crippen LogP contribution in [0.1, 0.15) is 12.0 Å². The molecule has 0 saturated carbocycles. The molecule has 1 atom stereocenters. The van der Waals surface area contributed by atoms with E-state index in [2.05, 4.69) is 5.32 Å². The van der Waals surface area contributed by atoms with Gasteiger partial charge in [0.1, 0.15) is 18.4 Å². The van der Waals surface area contributed by atoms with Gasteiger partial charge >= 0.3 is 0 Å². The van der Waals surface area contributed by atoms with Crippen LogP contribution in [0.25, 0.3) is 0 Å². The highest BCUT2D eigenvalue weighted by molar-refractivity contribution is 5.93. The van der Waals surface area contributed by atoms with Crippen molar-refractivity contribution in [2.75, 3.05) is 11.9 Å². The number of amides is 1. The van der Waals surface area contributed by atoms with E-state index in [9.17, 15) is 4.79 Å². The number of hydrogen-bond acceptors (Lipinski definition) is 4. The summed E-state index contributed by atoms with van der Waals surface area (Å²) in [4.78, 5) is 11.2. The first kappa shape index (κ1) is 11.4. The summed E-state index contributed by atoms with van der Waals surface area (Å²) < 4.78 is 5.39. The maximum absolute atomic E-state index is 11.2. The first-order valence-electron chi connectivity index (χ1n) is 5.40. The van der Waals surface area contributed by atoms with Gasteiger partial charge in [0.15, 0.2) is 0 Å². The van der Waals surface area contributed by atoms with Gasteiger partial charge in [-0.1, -0.05) is 0 Å². The maximum Gasteiger partial charge on any atom is 0.224 e. The maximum atomic E-state index is 11.2. The fourth-order valence-electron chi connectivity index (χ4n) is 1.67. The Labute approximate surface area is 99.2 Å². The summed E-state index contributed by atoms with van der Waals surface area (Å²) in [7, 11) is 0. The number of carbonyl (C=O) groups is 1. The van der Waals surface area contributed by atoms with Crippen molar-refractivity contribution in [3.05, 3.63) is 23.8 Å². The molecular weight excluding hydrogens is 218 g/mol. The molecule has 17 heavy (non-hydrogen) atoms. The lowest BCUT2D eigenvalue weighted by Gasteiger charge is -2.17. The molecule has 1 aromatic rings. The van der Waals surface area contributed by atoms with E-state index in [-0.39, 0.29) is 12.5 Å². The molecule has 5 heteroatoms. The summed E-state index contributed by atoms with van der Waals surface area (Å²) in [5.41, 5.74) is 7.31. The van der Waals surface area contributed by atoms with E-state index in [0.29, 0.717) is 18.6 Å². The van der Waals surface area contributed by atoms with Crippen LogP contribution in [-0.4, -0.2) is 18.6 Å². The number of aryl methyl sites for hydroxylation is 1. The molecule has 5 nitrogen and oxygen atoms in total. The van der Waals surface area contributed by atoms with Crippen molar-refractivity contribution < 1.29 is 9.53 Å². The largest absolute Gasteiger partial charge is 0.491 e. The summed E-state index contributed by atoms with van der Waals surface area (Å²) in [5, 5.41) is 11.3. The highest BCUT2D eigenvalue weighted by Gasteiger charge is 2.15. The normalized spacial score (nSPS) is 15.4. The van der Waals surface area contributed by atoms with Crippen molar-refractivity contribution >= 4 is 11.6 Å². The average Bonchev–Trinajstić information content (AvgIpc) is 2.35. The molecule has 0 spiro atoms. The van der Waals surface area contributed by atoms with Crippen LogP contribution >= 0.6 is 0 Å². The number of nitriles is 1. The molecule has 88 valence electrons. The van der Waals surface area contributed by atoms with Gasteiger partial charge in [0.2, 0.25) is 5.91 Å². The fourth-order valence-corrected chi connectivity index (χ4v) is 1.67. The molecule has 0 bridgehead atoms. The van der Waals surface area contributed by atoms with Gasteiger partial charge in [-0.15, -0.1) is 0 Å².